The number of rotatable bonds is 6. The largest absolute Gasteiger partial charge is 0.456 e. The van der Waals surface area contributed by atoms with Crippen LogP contribution in [0.1, 0.15) is 31.9 Å². The molecule has 0 spiro atoms. The maximum absolute atomic E-state index is 6.09. The number of hydrogen-bond donors (Lipinski definition) is 1. The molecular weight excluding hydrogens is 394 g/mol. The SMILES string of the molecule is CCCNC(C)c1cc(Br)ccc1Oc1ccccc1Br. The lowest BCUT2D eigenvalue weighted by Crippen LogP contribution is -2.19. The van der Waals surface area contributed by atoms with Crippen molar-refractivity contribution in [1.82, 2.24) is 5.32 Å². The number of halogens is 2. The lowest BCUT2D eigenvalue weighted by Gasteiger charge is -2.19. The lowest BCUT2D eigenvalue weighted by atomic mass is 10.1. The highest BCUT2D eigenvalue weighted by Gasteiger charge is 2.13. The van der Waals surface area contributed by atoms with Crippen LogP contribution in [0.2, 0.25) is 0 Å². The van der Waals surface area contributed by atoms with Gasteiger partial charge in [-0.2, -0.15) is 0 Å². The summed E-state index contributed by atoms with van der Waals surface area (Å²) in [5.41, 5.74) is 1.15. The van der Waals surface area contributed by atoms with Gasteiger partial charge in [0.05, 0.1) is 4.47 Å². The normalized spacial score (nSPS) is 12.2. The molecule has 2 nitrogen and oxygen atoms in total. The Hall–Kier alpha value is -0.840. The van der Waals surface area contributed by atoms with E-state index in [1.54, 1.807) is 0 Å². The fourth-order valence-corrected chi connectivity index (χ4v) is 2.81. The lowest BCUT2D eigenvalue weighted by molar-refractivity contribution is 0.458. The molecule has 1 N–H and O–H groups in total. The van der Waals surface area contributed by atoms with E-state index < -0.39 is 0 Å². The van der Waals surface area contributed by atoms with Crippen LogP contribution in [0, 0.1) is 0 Å². The summed E-state index contributed by atoms with van der Waals surface area (Å²) in [6.07, 6.45) is 1.11. The Labute approximate surface area is 143 Å². The second kappa shape index (κ2) is 7.97. The van der Waals surface area contributed by atoms with Gasteiger partial charge in [-0.25, -0.2) is 0 Å². The summed E-state index contributed by atoms with van der Waals surface area (Å²) in [6, 6.07) is 14.2. The monoisotopic (exact) mass is 411 g/mol. The van der Waals surface area contributed by atoms with Crippen molar-refractivity contribution in [1.29, 1.82) is 0 Å². The van der Waals surface area contributed by atoms with Crippen LogP contribution in [0.25, 0.3) is 0 Å². The van der Waals surface area contributed by atoms with Crippen molar-refractivity contribution in [2.24, 2.45) is 0 Å². The predicted octanol–water partition coefficient (Wildman–Crippen LogP) is 6.06. The van der Waals surface area contributed by atoms with E-state index in [0.717, 1.165) is 39.0 Å². The summed E-state index contributed by atoms with van der Waals surface area (Å²) in [5, 5.41) is 3.50. The number of para-hydroxylation sites is 1. The fourth-order valence-electron chi connectivity index (χ4n) is 2.07. The van der Waals surface area contributed by atoms with Crippen LogP contribution in [0.4, 0.5) is 0 Å². The van der Waals surface area contributed by atoms with E-state index in [9.17, 15) is 0 Å². The molecule has 1 atom stereocenters. The molecule has 2 rings (SSSR count). The highest BCUT2D eigenvalue weighted by molar-refractivity contribution is 9.10. The molecule has 0 aliphatic carbocycles. The van der Waals surface area contributed by atoms with E-state index >= 15 is 0 Å². The highest BCUT2D eigenvalue weighted by atomic mass is 79.9. The van der Waals surface area contributed by atoms with Gasteiger partial charge in [-0.1, -0.05) is 35.0 Å². The molecule has 0 heterocycles. The second-order valence-electron chi connectivity index (χ2n) is 4.89. The number of benzene rings is 2. The van der Waals surface area contributed by atoms with Crippen molar-refractivity contribution in [2.45, 2.75) is 26.3 Å². The molecule has 112 valence electrons. The third-order valence-electron chi connectivity index (χ3n) is 3.20. The zero-order chi connectivity index (χ0) is 15.2. The van der Waals surface area contributed by atoms with Crippen molar-refractivity contribution >= 4 is 31.9 Å². The quantitative estimate of drug-likeness (QED) is 0.622. The molecule has 4 heteroatoms. The molecule has 21 heavy (non-hydrogen) atoms. The van der Waals surface area contributed by atoms with Gasteiger partial charge in [-0.05, 0) is 66.2 Å². The van der Waals surface area contributed by atoms with E-state index in [1.165, 1.54) is 0 Å². The fraction of sp³-hybridized carbons (Fsp3) is 0.294. The van der Waals surface area contributed by atoms with Crippen molar-refractivity contribution in [3.8, 4) is 11.5 Å². The molecule has 0 aromatic heterocycles. The summed E-state index contributed by atoms with van der Waals surface area (Å²) >= 11 is 7.06. The molecule has 0 amide bonds. The first-order valence-corrected chi connectivity index (χ1v) is 8.65. The molecule has 0 bridgehead atoms. The van der Waals surface area contributed by atoms with Crippen LogP contribution in [0.15, 0.2) is 51.4 Å². The molecule has 2 aromatic carbocycles. The van der Waals surface area contributed by atoms with Crippen LogP contribution in [-0.2, 0) is 0 Å². The Morgan fingerprint density at radius 3 is 2.57 bits per heavy atom. The Morgan fingerprint density at radius 2 is 1.86 bits per heavy atom. The van der Waals surface area contributed by atoms with E-state index in [2.05, 4.69) is 57.1 Å². The standard InChI is InChI=1S/C17H19Br2NO/c1-3-10-20-12(2)14-11-13(18)8-9-16(14)21-17-7-5-4-6-15(17)19/h4-9,11-12,20H,3,10H2,1-2H3. The molecule has 1 unspecified atom stereocenters. The zero-order valence-electron chi connectivity index (χ0n) is 12.2. The first kappa shape index (κ1) is 16.5. The summed E-state index contributed by atoms with van der Waals surface area (Å²) in [6.45, 7) is 5.31. The van der Waals surface area contributed by atoms with Crippen LogP contribution in [0.3, 0.4) is 0 Å². The topological polar surface area (TPSA) is 21.3 Å². The average molecular weight is 413 g/mol. The molecule has 0 saturated carbocycles. The van der Waals surface area contributed by atoms with E-state index in [4.69, 9.17) is 4.74 Å². The van der Waals surface area contributed by atoms with Gasteiger partial charge >= 0.3 is 0 Å². The van der Waals surface area contributed by atoms with Gasteiger partial charge in [0.15, 0.2) is 0 Å². The minimum atomic E-state index is 0.236. The minimum Gasteiger partial charge on any atom is -0.456 e. The molecule has 0 aliphatic rings. The van der Waals surface area contributed by atoms with Gasteiger partial charge in [0.1, 0.15) is 11.5 Å². The number of nitrogens with one attached hydrogen (secondary N) is 1. The highest BCUT2D eigenvalue weighted by Crippen LogP contribution is 2.35. The number of hydrogen-bond acceptors (Lipinski definition) is 2. The third-order valence-corrected chi connectivity index (χ3v) is 4.34. The Kier molecular flexibility index (Phi) is 6.27. The maximum atomic E-state index is 6.09. The van der Waals surface area contributed by atoms with E-state index in [0.29, 0.717) is 0 Å². The van der Waals surface area contributed by atoms with Gasteiger partial charge in [0.25, 0.3) is 0 Å². The molecule has 2 aromatic rings. The van der Waals surface area contributed by atoms with Gasteiger partial charge in [-0.15, -0.1) is 0 Å². The first-order chi connectivity index (χ1) is 10.1. The Balaban J connectivity index is 2.28. The second-order valence-corrected chi connectivity index (χ2v) is 6.66. The minimum absolute atomic E-state index is 0.236. The van der Waals surface area contributed by atoms with Gasteiger partial charge in [0, 0.05) is 16.1 Å². The van der Waals surface area contributed by atoms with Crippen molar-refractivity contribution in [3.63, 3.8) is 0 Å². The Bertz CT molecular complexity index is 601. The summed E-state index contributed by atoms with van der Waals surface area (Å²) in [7, 11) is 0. The summed E-state index contributed by atoms with van der Waals surface area (Å²) in [4.78, 5) is 0. The molecular formula is C17H19Br2NO. The summed E-state index contributed by atoms with van der Waals surface area (Å²) < 4.78 is 8.10. The molecule has 0 aliphatic heterocycles. The van der Waals surface area contributed by atoms with Gasteiger partial charge in [0.2, 0.25) is 0 Å². The third kappa shape index (κ3) is 4.56. The molecule has 0 saturated heterocycles. The van der Waals surface area contributed by atoms with E-state index in [1.807, 2.05) is 36.4 Å². The van der Waals surface area contributed by atoms with Crippen LogP contribution < -0.4 is 10.1 Å². The first-order valence-electron chi connectivity index (χ1n) is 7.07. The summed E-state index contributed by atoms with van der Waals surface area (Å²) in [5.74, 6) is 1.70. The van der Waals surface area contributed by atoms with Crippen LogP contribution >= 0.6 is 31.9 Å². The van der Waals surface area contributed by atoms with Gasteiger partial charge < -0.3 is 10.1 Å². The van der Waals surface area contributed by atoms with Crippen LogP contribution in [-0.4, -0.2) is 6.54 Å². The predicted molar refractivity (Wildman–Crippen MR) is 95.1 cm³/mol. The van der Waals surface area contributed by atoms with Crippen molar-refractivity contribution in [2.75, 3.05) is 6.54 Å². The maximum Gasteiger partial charge on any atom is 0.141 e. The van der Waals surface area contributed by atoms with Crippen molar-refractivity contribution in [3.05, 3.63) is 57.0 Å². The van der Waals surface area contributed by atoms with E-state index in [-0.39, 0.29) is 6.04 Å². The average Bonchev–Trinajstić information content (AvgIpc) is 2.48. The molecule has 0 radical (unpaired) electrons. The number of ether oxygens (including phenoxy) is 1. The van der Waals surface area contributed by atoms with Crippen LogP contribution in [0.5, 0.6) is 11.5 Å². The van der Waals surface area contributed by atoms with Crippen molar-refractivity contribution < 1.29 is 4.74 Å². The Morgan fingerprint density at radius 1 is 1.10 bits per heavy atom. The smallest absolute Gasteiger partial charge is 0.141 e. The zero-order valence-corrected chi connectivity index (χ0v) is 15.4. The molecule has 0 fully saturated rings. The van der Waals surface area contributed by atoms with Gasteiger partial charge in [-0.3, -0.25) is 0 Å².